The summed E-state index contributed by atoms with van der Waals surface area (Å²) in [5.41, 5.74) is 0.681. The molecule has 2 aromatic rings. The minimum absolute atomic E-state index is 0.0791. The van der Waals surface area contributed by atoms with Gasteiger partial charge in [-0.2, -0.15) is 0 Å². The van der Waals surface area contributed by atoms with Gasteiger partial charge in [0.1, 0.15) is 5.76 Å². The van der Waals surface area contributed by atoms with Crippen molar-refractivity contribution in [2.24, 2.45) is 0 Å². The first-order valence-corrected chi connectivity index (χ1v) is 7.31. The molecule has 0 saturated carbocycles. The summed E-state index contributed by atoms with van der Waals surface area (Å²) >= 11 is 1.59. The van der Waals surface area contributed by atoms with Gasteiger partial charge in [-0.05, 0) is 24.3 Å². The lowest BCUT2D eigenvalue weighted by Gasteiger charge is -2.09. The normalized spacial score (nSPS) is 10.4. The van der Waals surface area contributed by atoms with Gasteiger partial charge in [0.2, 0.25) is 0 Å². The lowest BCUT2D eigenvalue weighted by atomic mass is 10.2. The highest BCUT2D eigenvalue weighted by atomic mass is 32.2. The summed E-state index contributed by atoms with van der Waals surface area (Å²) in [7, 11) is 1.61. The molecule has 0 unspecified atom stereocenters. The van der Waals surface area contributed by atoms with Gasteiger partial charge in [0.25, 0.3) is 5.91 Å². The Morgan fingerprint density at radius 3 is 2.90 bits per heavy atom. The maximum Gasteiger partial charge on any atom is 0.252 e. The van der Waals surface area contributed by atoms with Crippen LogP contribution in [0.15, 0.2) is 52.0 Å². The molecule has 0 atom stereocenters. The van der Waals surface area contributed by atoms with Crippen molar-refractivity contribution in [3.8, 4) is 0 Å². The molecule has 0 aliphatic heterocycles. The number of rotatable bonds is 7. The van der Waals surface area contributed by atoms with E-state index >= 15 is 0 Å². The summed E-state index contributed by atoms with van der Waals surface area (Å²) in [6.07, 6.45) is 1.65. The van der Waals surface area contributed by atoms with Crippen molar-refractivity contribution in [1.29, 1.82) is 0 Å². The Labute approximate surface area is 122 Å². The molecule has 0 aliphatic carbocycles. The first-order chi connectivity index (χ1) is 9.81. The third-order valence-corrected chi connectivity index (χ3v) is 3.77. The summed E-state index contributed by atoms with van der Waals surface area (Å²) in [6, 6.07) is 11.3. The Hall–Kier alpha value is -1.72. The number of benzene rings is 1. The number of carbonyl (C=O) groups excluding carboxylic acids is 1. The Balaban J connectivity index is 1.99. The maximum absolute atomic E-state index is 12.1. The Kier molecular flexibility index (Phi) is 5.70. The number of hydrogen-bond donors (Lipinski definition) is 1. The van der Waals surface area contributed by atoms with E-state index < -0.39 is 0 Å². The van der Waals surface area contributed by atoms with Crippen LogP contribution in [0, 0.1) is 0 Å². The number of furan rings is 1. The molecule has 1 amide bonds. The average molecular weight is 291 g/mol. The van der Waals surface area contributed by atoms with Crippen molar-refractivity contribution in [2.75, 3.05) is 20.3 Å². The van der Waals surface area contributed by atoms with Gasteiger partial charge in [0.05, 0.1) is 24.2 Å². The molecule has 1 aromatic heterocycles. The summed E-state index contributed by atoms with van der Waals surface area (Å²) in [4.78, 5) is 13.0. The van der Waals surface area contributed by atoms with Crippen LogP contribution < -0.4 is 5.32 Å². The van der Waals surface area contributed by atoms with Gasteiger partial charge in [-0.3, -0.25) is 4.79 Å². The molecule has 0 saturated heterocycles. The van der Waals surface area contributed by atoms with Crippen LogP contribution in [0.3, 0.4) is 0 Å². The number of nitrogens with one attached hydrogen (secondary N) is 1. The van der Waals surface area contributed by atoms with Crippen LogP contribution in [0.4, 0.5) is 0 Å². The number of hydrogen-bond acceptors (Lipinski definition) is 4. The molecule has 0 bridgehead atoms. The molecule has 106 valence electrons. The Morgan fingerprint density at radius 1 is 1.30 bits per heavy atom. The third kappa shape index (κ3) is 4.15. The van der Waals surface area contributed by atoms with Crippen LogP contribution >= 0.6 is 11.8 Å². The number of ether oxygens (including phenoxy) is 1. The Bertz CT molecular complexity index is 540. The predicted molar refractivity (Wildman–Crippen MR) is 78.9 cm³/mol. The smallest absolute Gasteiger partial charge is 0.252 e. The van der Waals surface area contributed by atoms with Crippen molar-refractivity contribution < 1.29 is 13.9 Å². The van der Waals surface area contributed by atoms with E-state index in [2.05, 4.69) is 5.32 Å². The molecule has 5 heteroatoms. The van der Waals surface area contributed by atoms with Gasteiger partial charge < -0.3 is 14.5 Å². The molecule has 20 heavy (non-hydrogen) atoms. The summed E-state index contributed by atoms with van der Waals surface area (Å²) in [5.74, 6) is 1.52. The van der Waals surface area contributed by atoms with Crippen LogP contribution in [0.25, 0.3) is 0 Å². The fourth-order valence-electron chi connectivity index (χ4n) is 1.69. The molecule has 2 rings (SSSR count). The summed E-state index contributed by atoms with van der Waals surface area (Å²) < 4.78 is 10.2. The van der Waals surface area contributed by atoms with Crippen LogP contribution in [0.2, 0.25) is 0 Å². The van der Waals surface area contributed by atoms with E-state index in [9.17, 15) is 4.79 Å². The second-order valence-electron chi connectivity index (χ2n) is 4.11. The standard InChI is InChI=1S/C15H17NO3S/c1-18-10-8-16-15(17)13-6-2-3-7-14(13)20-11-12-5-4-9-19-12/h2-7,9H,8,10-11H2,1H3,(H,16,17). The van der Waals surface area contributed by atoms with Crippen molar-refractivity contribution in [1.82, 2.24) is 5.32 Å². The molecular weight excluding hydrogens is 274 g/mol. The zero-order valence-corrected chi connectivity index (χ0v) is 12.1. The van der Waals surface area contributed by atoms with Gasteiger partial charge in [0.15, 0.2) is 0 Å². The highest BCUT2D eigenvalue weighted by Crippen LogP contribution is 2.26. The first-order valence-electron chi connectivity index (χ1n) is 6.32. The lowest BCUT2D eigenvalue weighted by molar-refractivity contribution is 0.0934. The molecule has 0 fully saturated rings. The van der Waals surface area contributed by atoms with Gasteiger partial charge >= 0.3 is 0 Å². The minimum Gasteiger partial charge on any atom is -0.468 e. The van der Waals surface area contributed by atoms with E-state index in [1.54, 1.807) is 25.1 Å². The van der Waals surface area contributed by atoms with Gasteiger partial charge in [-0.15, -0.1) is 11.8 Å². The highest BCUT2D eigenvalue weighted by molar-refractivity contribution is 7.98. The van der Waals surface area contributed by atoms with E-state index in [1.165, 1.54) is 0 Å². The van der Waals surface area contributed by atoms with Crippen molar-refractivity contribution in [3.05, 3.63) is 54.0 Å². The number of carbonyl (C=O) groups is 1. The van der Waals surface area contributed by atoms with Crippen LogP contribution in [-0.4, -0.2) is 26.2 Å². The third-order valence-electron chi connectivity index (χ3n) is 2.67. The Morgan fingerprint density at radius 2 is 2.15 bits per heavy atom. The van der Waals surface area contributed by atoms with Gasteiger partial charge in [-0.25, -0.2) is 0 Å². The van der Waals surface area contributed by atoms with Crippen molar-refractivity contribution in [2.45, 2.75) is 10.6 Å². The molecule has 1 heterocycles. The number of methoxy groups -OCH3 is 1. The van der Waals surface area contributed by atoms with Crippen molar-refractivity contribution in [3.63, 3.8) is 0 Å². The molecule has 4 nitrogen and oxygen atoms in total. The first kappa shape index (κ1) is 14.7. The topological polar surface area (TPSA) is 51.5 Å². The van der Waals surface area contributed by atoms with E-state index in [1.807, 2.05) is 36.4 Å². The maximum atomic E-state index is 12.1. The number of thioether (sulfide) groups is 1. The quantitative estimate of drug-likeness (QED) is 0.629. The van der Waals surface area contributed by atoms with Crippen LogP contribution in [0.1, 0.15) is 16.1 Å². The lowest BCUT2D eigenvalue weighted by Crippen LogP contribution is -2.27. The molecule has 0 radical (unpaired) electrons. The zero-order valence-electron chi connectivity index (χ0n) is 11.3. The SMILES string of the molecule is COCCNC(=O)c1ccccc1SCc1ccco1. The zero-order chi connectivity index (χ0) is 14.2. The fourth-order valence-corrected chi connectivity index (χ4v) is 2.64. The fraction of sp³-hybridized carbons (Fsp3) is 0.267. The molecule has 0 spiro atoms. The van der Waals surface area contributed by atoms with Gasteiger partial charge in [0, 0.05) is 18.6 Å². The molecule has 0 aliphatic rings. The van der Waals surface area contributed by atoms with E-state index in [-0.39, 0.29) is 5.91 Å². The minimum atomic E-state index is -0.0791. The van der Waals surface area contributed by atoms with E-state index in [4.69, 9.17) is 9.15 Å². The van der Waals surface area contributed by atoms with E-state index in [0.717, 1.165) is 10.7 Å². The van der Waals surface area contributed by atoms with Crippen LogP contribution in [0.5, 0.6) is 0 Å². The van der Waals surface area contributed by atoms with Crippen LogP contribution in [-0.2, 0) is 10.5 Å². The summed E-state index contributed by atoms with van der Waals surface area (Å²) in [5, 5.41) is 2.83. The second-order valence-corrected chi connectivity index (χ2v) is 5.13. The highest BCUT2D eigenvalue weighted by Gasteiger charge is 2.11. The average Bonchev–Trinajstić information content (AvgIpc) is 2.99. The van der Waals surface area contributed by atoms with E-state index in [0.29, 0.717) is 24.5 Å². The van der Waals surface area contributed by atoms with Crippen molar-refractivity contribution >= 4 is 17.7 Å². The molecule has 1 N–H and O–H groups in total. The molecule has 1 aromatic carbocycles. The monoisotopic (exact) mass is 291 g/mol. The second kappa shape index (κ2) is 7.77. The molecular formula is C15H17NO3S. The largest absolute Gasteiger partial charge is 0.468 e. The predicted octanol–water partition coefficient (Wildman–Crippen LogP) is 2.95. The van der Waals surface area contributed by atoms with Gasteiger partial charge in [-0.1, -0.05) is 12.1 Å². The number of amides is 1. The summed E-state index contributed by atoms with van der Waals surface area (Å²) in [6.45, 7) is 1.01.